The van der Waals surface area contributed by atoms with Crippen molar-refractivity contribution in [1.29, 1.82) is 0 Å². The Bertz CT molecular complexity index is 431. The van der Waals surface area contributed by atoms with E-state index in [1.807, 2.05) is 14.0 Å². The summed E-state index contributed by atoms with van der Waals surface area (Å²) in [6.07, 6.45) is 7.14. The van der Waals surface area contributed by atoms with Crippen LogP contribution in [0.2, 0.25) is 0 Å². The molecule has 0 bridgehead atoms. The summed E-state index contributed by atoms with van der Waals surface area (Å²) < 4.78 is 2.13. The first-order valence-electron chi connectivity index (χ1n) is 6.83. The van der Waals surface area contributed by atoms with Crippen LogP contribution in [0.1, 0.15) is 61.7 Å². The first-order chi connectivity index (χ1) is 8.59. The number of imidazole rings is 1. The summed E-state index contributed by atoms with van der Waals surface area (Å²) in [6, 6.07) is 0. The highest BCUT2D eigenvalue weighted by molar-refractivity contribution is 5.67. The molecule has 4 nitrogen and oxygen atoms in total. The number of carboxylic acids is 1. The zero-order valence-electron chi connectivity index (χ0n) is 11.3. The number of hydrogen-bond acceptors (Lipinski definition) is 2. The van der Waals surface area contributed by atoms with Crippen molar-refractivity contribution >= 4 is 5.97 Å². The van der Waals surface area contributed by atoms with Crippen LogP contribution in [0, 0.1) is 6.92 Å². The van der Waals surface area contributed by atoms with Crippen LogP contribution in [0.3, 0.4) is 0 Å². The van der Waals surface area contributed by atoms with Gasteiger partial charge in [-0.15, -0.1) is 0 Å². The number of aromatic nitrogens is 2. The molecule has 0 saturated heterocycles. The quantitative estimate of drug-likeness (QED) is 0.894. The van der Waals surface area contributed by atoms with Crippen molar-refractivity contribution in [1.82, 2.24) is 9.55 Å². The van der Waals surface area contributed by atoms with Gasteiger partial charge in [0.25, 0.3) is 0 Å². The van der Waals surface area contributed by atoms with Crippen LogP contribution >= 0.6 is 0 Å². The van der Waals surface area contributed by atoms with Gasteiger partial charge in [-0.05, 0) is 26.2 Å². The van der Waals surface area contributed by atoms with E-state index in [0.29, 0.717) is 12.3 Å². The van der Waals surface area contributed by atoms with Gasteiger partial charge in [0, 0.05) is 18.7 Å². The van der Waals surface area contributed by atoms with Crippen LogP contribution in [-0.2, 0) is 18.3 Å². The minimum atomic E-state index is -0.741. The molecule has 0 atom stereocenters. The van der Waals surface area contributed by atoms with E-state index in [0.717, 1.165) is 17.2 Å². The summed E-state index contributed by atoms with van der Waals surface area (Å²) in [6.45, 7) is 1.99. The molecule has 100 valence electrons. The molecule has 18 heavy (non-hydrogen) atoms. The summed E-state index contributed by atoms with van der Waals surface area (Å²) >= 11 is 0. The smallest absolute Gasteiger partial charge is 0.303 e. The summed E-state index contributed by atoms with van der Waals surface area (Å²) in [5, 5.41) is 8.78. The molecule has 2 rings (SSSR count). The van der Waals surface area contributed by atoms with E-state index in [9.17, 15) is 4.79 Å². The molecule has 1 heterocycles. The molecule has 0 aliphatic heterocycles. The maximum atomic E-state index is 10.7. The topological polar surface area (TPSA) is 55.1 Å². The second-order valence-corrected chi connectivity index (χ2v) is 5.29. The van der Waals surface area contributed by atoms with Crippen molar-refractivity contribution < 1.29 is 9.90 Å². The third-order valence-electron chi connectivity index (χ3n) is 3.99. The number of hydrogen-bond donors (Lipinski definition) is 1. The molecular weight excluding hydrogens is 228 g/mol. The van der Waals surface area contributed by atoms with Crippen molar-refractivity contribution in [3.8, 4) is 0 Å². The van der Waals surface area contributed by atoms with Gasteiger partial charge in [-0.25, -0.2) is 4.98 Å². The van der Waals surface area contributed by atoms with Crippen molar-refractivity contribution in [2.75, 3.05) is 0 Å². The molecule has 1 fully saturated rings. The highest BCUT2D eigenvalue weighted by atomic mass is 16.4. The number of carbonyl (C=O) groups is 1. The predicted octanol–water partition coefficient (Wildman–Crippen LogP) is 2.79. The lowest BCUT2D eigenvalue weighted by Gasteiger charge is -2.21. The molecule has 1 N–H and O–H groups in total. The Kier molecular flexibility index (Phi) is 4.04. The molecule has 1 aromatic heterocycles. The van der Waals surface area contributed by atoms with E-state index in [1.165, 1.54) is 32.1 Å². The van der Waals surface area contributed by atoms with Crippen LogP contribution in [0.15, 0.2) is 0 Å². The normalized spacial score (nSPS) is 17.0. The second kappa shape index (κ2) is 5.55. The molecule has 0 radical (unpaired) electrons. The van der Waals surface area contributed by atoms with E-state index in [1.54, 1.807) is 0 Å². The van der Waals surface area contributed by atoms with Crippen molar-refractivity contribution in [2.24, 2.45) is 7.05 Å². The third-order valence-corrected chi connectivity index (χ3v) is 3.99. The summed E-state index contributed by atoms with van der Waals surface area (Å²) in [5.41, 5.74) is 2.08. The maximum Gasteiger partial charge on any atom is 0.303 e. The zero-order valence-corrected chi connectivity index (χ0v) is 11.3. The number of aryl methyl sites for hydroxylation is 1. The summed E-state index contributed by atoms with van der Waals surface area (Å²) in [4.78, 5) is 15.4. The van der Waals surface area contributed by atoms with Gasteiger partial charge in [-0.3, -0.25) is 4.79 Å². The summed E-state index contributed by atoms with van der Waals surface area (Å²) in [5.74, 6) is 0.989. The van der Waals surface area contributed by atoms with E-state index in [2.05, 4.69) is 9.55 Å². The Morgan fingerprint density at radius 2 is 2.06 bits per heavy atom. The van der Waals surface area contributed by atoms with Gasteiger partial charge in [-0.1, -0.05) is 19.3 Å². The van der Waals surface area contributed by atoms with Crippen LogP contribution in [0.5, 0.6) is 0 Å². The lowest BCUT2D eigenvalue weighted by atomic mass is 9.89. The summed E-state index contributed by atoms with van der Waals surface area (Å²) in [7, 11) is 2.03. The number of aliphatic carboxylic acids is 1. The van der Waals surface area contributed by atoms with Crippen molar-refractivity contribution in [3.63, 3.8) is 0 Å². The lowest BCUT2D eigenvalue weighted by Crippen LogP contribution is -2.11. The predicted molar refractivity (Wildman–Crippen MR) is 69.7 cm³/mol. The Morgan fingerprint density at radius 1 is 1.39 bits per heavy atom. The molecule has 1 aliphatic carbocycles. The van der Waals surface area contributed by atoms with Gasteiger partial charge in [-0.2, -0.15) is 0 Å². The highest BCUT2D eigenvalue weighted by Gasteiger charge is 2.22. The monoisotopic (exact) mass is 250 g/mol. The van der Waals surface area contributed by atoms with Crippen LogP contribution in [0.4, 0.5) is 0 Å². The fraction of sp³-hybridized carbons (Fsp3) is 0.714. The van der Waals surface area contributed by atoms with E-state index < -0.39 is 5.97 Å². The van der Waals surface area contributed by atoms with Gasteiger partial charge < -0.3 is 9.67 Å². The minimum absolute atomic E-state index is 0.185. The Morgan fingerprint density at radius 3 is 2.67 bits per heavy atom. The van der Waals surface area contributed by atoms with Crippen molar-refractivity contribution in [3.05, 3.63) is 17.2 Å². The third kappa shape index (κ3) is 2.74. The van der Waals surface area contributed by atoms with E-state index in [4.69, 9.17) is 5.11 Å². The Balaban J connectivity index is 2.16. The largest absolute Gasteiger partial charge is 0.481 e. The van der Waals surface area contributed by atoms with Gasteiger partial charge in [0.2, 0.25) is 0 Å². The van der Waals surface area contributed by atoms with Crippen LogP contribution in [-0.4, -0.2) is 20.6 Å². The lowest BCUT2D eigenvalue weighted by molar-refractivity contribution is -0.136. The fourth-order valence-electron chi connectivity index (χ4n) is 2.99. The first kappa shape index (κ1) is 13.1. The molecule has 1 saturated carbocycles. The average molecular weight is 250 g/mol. The second-order valence-electron chi connectivity index (χ2n) is 5.29. The van der Waals surface area contributed by atoms with Gasteiger partial charge in [0.15, 0.2) is 0 Å². The zero-order chi connectivity index (χ0) is 13.1. The van der Waals surface area contributed by atoms with Crippen molar-refractivity contribution in [2.45, 2.75) is 57.8 Å². The SMILES string of the molecule is Cc1nc(C2CCCCC2)n(C)c1CCC(=O)O. The first-order valence-corrected chi connectivity index (χ1v) is 6.83. The highest BCUT2D eigenvalue weighted by Crippen LogP contribution is 2.32. The Labute approximate surface area is 108 Å². The number of rotatable bonds is 4. The molecule has 1 aliphatic rings. The van der Waals surface area contributed by atoms with E-state index in [-0.39, 0.29) is 6.42 Å². The minimum Gasteiger partial charge on any atom is -0.481 e. The number of nitrogens with zero attached hydrogens (tertiary/aromatic N) is 2. The maximum absolute atomic E-state index is 10.7. The van der Waals surface area contributed by atoms with Gasteiger partial charge >= 0.3 is 5.97 Å². The van der Waals surface area contributed by atoms with Gasteiger partial charge in [0.05, 0.1) is 12.1 Å². The molecule has 1 aromatic rings. The van der Waals surface area contributed by atoms with E-state index >= 15 is 0 Å². The molecule has 4 heteroatoms. The van der Waals surface area contributed by atoms with Crippen LogP contribution in [0.25, 0.3) is 0 Å². The molecular formula is C14H22N2O2. The molecule has 0 unspecified atom stereocenters. The standard InChI is InChI=1S/C14H22N2O2/c1-10-12(8-9-13(17)18)16(2)14(15-10)11-6-4-3-5-7-11/h11H,3-9H2,1-2H3,(H,17,18). The van der Waals surface area contributed by atoms with Crippen LogP contribution < -0.4 is 0 Å². The molecule has 0 amide bonds. The fourth-order valence-corrected chi connectivity index (χ4v) is 2.99. The number of carboxylic acid groups (broad SMARTS) is 1. The Hall–Kier alpha value is -1.32. The average Bonchev–Trinajstić information content (AvgIpc) is 2.63. The molecule has 0 spiro atoms. The van der Waals surface area contributed by atoms with Gasteiger partial charge in [0.1, 0.15) is 5.82 Å². The molecule has 0 aromatic carbocycles.